The Morgan fingerprint density at radius 3 is 2.42 bits per heavy atom. The molecule has 9 rings (SSSR count). The van der Waals surface area contributed by atoms with Gasteiger partial charge in [0.1, 0.15) is 23.0 Å². The highest BCUT2D eigenvalue weighted by Crippen LogP contribution is 2.35. The van der Waals surface area contributed by atoms with E-state index in [0.29, 0.717) is 65.9 Å². The molecule has 0 radical (unpaired) electrons. The molecule has 1 unspecified atom stereocenters. The molecule has 384 valence electrons. The highest BCUT2D eigenvalue weighted by molar-refractivity contribution is 6.06. The average Bonchev–Trinajstić information content (AvgIpc) is 3.83. The van der Waals surface area contributed by atoms with Gasteiger partial charge >= 0.3 is 6.18 Å². The molecule has 0 bridgehead atoms. The predicted octanol–water partition coefficient (Wildman–Crippen LogP) is 7.13. The van der Waals surface area contributed by atoms with Crippen LogP contribution in [0.2, 0.25) is 0 Å². The van der Waals surface area contributed by atoms with Crippen molar-refractivity contribution >= 4 is 64.0 Å². The molecule has 1 saturated carbocycles. The lowest BCUT2D eigenvalue weighted by molar-refractivity contribution is -0.139. The van der Waals surface area contributed by atoms with Crippen LogP contribution in [0.15, 0.2) is 73.2 Å². The second kappa shape index (κ2) is 22.7. The zero-order valence-electron chi connectivity index (χ0n) is 40.6. The molecule has 3 aliphatic heterocycles. The molecule has 0 spiro atoms. The average molecular weight is 1000 g/mol. The molecule has 6 N–H and O–H groups in total. The highest BCUT2D eigenvalue weighted by Gasteiger charge is 2.40. The molecule has 4 aliphatic rings. The van der Waals surface area contributed by atoms with Gasteiger partial charge in [-0.3, -0.25) is 39.3 Å². The Balaban J connectivity index is 0.766. The van der Waals surface area contributed by atoms with Crippen LogP contribution >= 0.6 is 0 Å². The lowest BCUT2D eigenvalue weighted by atomic mass is 9.80. The van der Waals surface area contributed by atoms with Gasteiger partial charge in [-0.25, -0.2) is 15.0 Å². The van der Waals surface area contributed by atoms with Gasteiger partial charge in [-0.2, -0.15) is 18.3 Å². The Hall–Kier alpha value is -7.22. The fraction of sp³-hybridized carbons (Fsp3) is 0.453. The lowest BCUT2D eigenvalue weighted by Crippen LogP contribution is -2.55. The number of fused-ring (bicyclic) bond motifs is 1. The zero-order valence-corrected chi connectivity index (χ0v) is 40.6. The van der Waals surface area contributed by atoms with Gasteiger partial charge in [0, 0.05) is 92.2 Å². The van der Waals surface area contributed by atoms with E-state index in [9.17, 15) is 37.1 Å². The molecule has 7 heterocycles. The number of hydrogen-bond acceptors (Lipinski definition) is 12. The highest BCUT2D eigenvalue weighted by atomic mass is 19.4. The van der Waals surface area contributed by atoms with Crippen LogP contribution in [0.25, 0.3) is 28.2 Å². The topological polar surface area (TPSA) is 225 Å². The van der Waals surface area contributed by atoms with Gasteiger partial charge in [-0.15, -0.1) is 0 Å². The maximum absolute atomic E-state index is 13.9. The Bertz CT molecular complexity index is 2820. The number of anilines is 3. The van der Waals surface area contributed by atoms with Crippen molar-refractivity contribution in [2.45, 2.75) is 95.8 Å². The Morgan fingerprint density at radius 2 is 1.70 bits per heavy atom. The number of nitrogen functional groups attached to an aromatic ring is 1. The van der Waals surface area contributed by atoms with Crippen molar-refractivity contribution < 1.29 is 37.1 Å². The number of pyridine rings is 3. The van der Waals surface area contributed by atoms with Crippen LogP contribution in [0, 0.1) is 17.8 Å². The molecule has 73 heavy (non-hydrogen) atoms. The lowest BCUT2D eigenvalue weighted by Gasteiger charge is -2.44. The molecule has 1 aliphatic carbocycles. The van der Waals surface area contributed by atoms with Gasteiger partial charge in [0.05, 0.1) is 23.2 Å². The maximum Gasteiger partial charge on any atom is 0.416 e. The Kier molecular flexibility index (Phi) is 15.8. The Morgan fingerprint density at radius 1 is 0.918 bits per heavy atom. The summed E-state index contributed by atoms with van der Waals surface area (Å²) in [5.74, 6) is 0.253. The molecule has 5 aromatic rings. The van der Waals surface area contributed by atoms with Gasteiger partial charge in [0.2, 0.25) is 23.6 Å². The summed E-state index contributed by atoms with van der Waals surface area (Å²) < 4.78 is 39.6. The van der Waals surface area contributed by atoms with Crippen molar-refractivity contribution in [3.05, 3.63) is 95.5 Å². The van der Waals surface area contributed by atoms with Gasteiger partial charge in [-0.05, 0) is 99.8 Å². The number of nitrogens with two attached hydrogens (primary N) is 1. The summed E-state index contributed by atoms with van der Waals surface area (Å²) in [6.45, 7) is 4.48. The number of imide groups is 1. The molecule has 1 atom stereocenters. The first-order chi connectivity index (χ1) is 35.2. The van der Waals surface area contributed by atoms with E-state index in [1.54, 1.807) is 23.2 Å². The summed E-state index contributed by atoms with van der Waals surface area (Å²) in [4.78, 5) is 83.3. The van der Waals surface area contributed by atoms with Gasteiger partial charge in [-0.1, -0.05) is 49.6 Å². The quantitative estimate of drug-likeness (QED) is 0.0587. The van der Waals surface area contributed by atoms with Crippen LogP contribution < -0.4 is 26.6 Å². The number of halogens is 3. The number of hydrogen-bond donors (Lipinski definition) is 5. The molecule has 17 nitrogen and oxygen atoms in total. The minimum absolute atomic E-state index is 0.00833. The van der Waals surface area contributed by atoms with Gasteiger partial charge in [0.25, 0.3) is 5.91 Å². The number of carbonyl (C=O) groups is 5. The summed E-state index contributed by atoms with van der Waals surface area (Å²) in [6, 6.07) is 12.3. The van der Waals surface area contributed by atoms with Crippen LogP contribution in [-0.2, 0) is 31.9 Å². The number of carbonyl (C=O) groups excluding carboxylic acids is 5. The standard InChI is InChI=1S/C53H61F3N12O5/c54-53(55,56)39-19-22-58-42(26-39)62-51(72)36-13-11-35(12-14-36)48-47-49(65-64-48)37(28-60-50(47)57)6-4-5-23-67(32-45(70)61-40-7-2-1-3-8-40)46(71)18-10-33-20-24-66(25-21-33)29-34-9-16-43(59-27-34)68-30-38(31-68)41-15-17-44(69)63-52(41)73/h4,6,9,11-14,16,19,22,26-28,33,38,40-41H,1-3,5,7-8,10,15,17-18,20-21,23-25,29-32H2,(H2,57,60)(H,61,70)(H,64,65)(H,58,62,72)(H,63,69,73)/b6-4+. The fourth-order valence-electron chi connectivity index (χ4n) is 10.5. The number of rotatable bonds is 17. The van der Waals surface area contributed by atoms with Crippen molar-refractivity contribution in [2.24, 2.45) is 17.8 Å². The number of alkyl halides is 3. The maximum atomic E-state index is 13.9. The molecule has 5 amide bonds. The van der Waals surface area contributed by atoms with E-state index >= 15 is 0 Å². The van der Waals surface area contributed by atoms with Crippen LogP contribution in [0.1, 0.15) is 104 Å². The number of aromatic nitrogens is 5. The monoisotopic (exact) mass is 1000 g/mol. The number of benzene rings is 1. The second-order valence-corrected chi connectivity index (χ2v) is 19.8. The van der Waals surface area contributed by atoms with Gasteiger partial charge < -0.3 is 26.2 Å². The number of likely N-dealkylation sites (tertiary alicyclic amines) is 1. The van der Waals surface area contributed by atoms with Crippen molar-refractivity contribution in [3.8, 4) is 11.3 Å². The summed E-state index contributed by atoms with van der Waals surface area (Å²) in [5.41, 5.74) is 9.21. The van der Waals surface area contributed by atoms with E-state index < -0.39 is 17.6 Å². The van der Waals surface area contributed by atoms with Crippen molar-refractivity contribution in [2.75, 3.05) is 55.2 Å². The van der Waals surface area contributed by atoms with E-state index in [2.05, 4.69) is 52.0 Å². The SMILES string of the molecule is Nc1ncc(/C=C/CCN(CC(=O)NC2CCCCC2)C(=O)CCC2CCN(Cc3ccc(N4CC(C5CCC(=O)NC5=O)C4)nc3)CC2)c2n[nH]c(-c3ccc(C(=O)Nc4cc(C(F)(F)F)ccn4)cc3)c12. The third-order valence-electron chi connectivity index (χ3n) is 14.7. The van der Waals surface area contributed by atoms with Crippen molar-refractivity contribution in [3.63, 3.8) is 0 Å². The normalized spacial score (nSPS) is 18.5. The minimum atomic E-state index is -4.58. The molecule has 20 heteroatoms. The van der Waals surface area contributed by atoms with Crippen LogP contribution in [0.5, 0.6) is 0 Å². The number of nitrogens with zero attached hydrogens (tertiary/aromatic N) is 7. The van der Waals surface area contributed by atoms with Crippen LogP contribution in [0.3, 0.4) is 0 Å². The predicted molar refractivity (Wildman–Crippen MR) is 269 cm³/mol. The van der Waals surface area contributed by atoms with Crippen molar-refractivity contribution in [1.82, 2.24) is 45.6 Å². The first kappa shape index (κ1) is 50.7. The van der Waals surface area contributed by atoms with Gasteiger partial charge in [0.15, 0.2) is 0 Å². The van der Waals surface area contributed by atoms with Crippen LogP contribution in [0.4, 0.5) is 30.6 Å². The number of piperidine rings is 2. The third kappa shape index (κ3) is 12.7. The Labute approximate surface area is 421 Å². The zero-order chi connectivity index (χ0) is 51.1. The number of nitrogens with one attached hydrogen (secondary N) is 4. The van der Waals surface area contributed by atoms with E-state index in [4.69, 9.17) is 10.7 Å². The molecule has 3 saturated heterocycles. The van der Waals surface area contributed by atoms with E-state index in [1.807, 2.05) is 24.4 Å². The summed E-state index contributed by atoms with van der Waals surface area (Å²) in [5, 5.41) is 16.2. The van der Waals surface area contributed by atoms with Crippen molar-refractivity contribution in [1.29, 1.82) is 0 Å². The minimum Gasteiger partial charge on any atom is -0.383 e. The second-order valence-electron chi connectivity index (χ2n) is 19.8. The van der Waals surface area contributed by atoms with E-state index in [-0.39, 0.29) is 65.3 Å². The largest absolute Gasteiger partial charge is 0.416 e. The van der Waals surface area contributed by atoms with E-state index in [1.165, 1.54) is 18.6 Å². The first-order valence-electron chi connectivity index (χ1n) is 25.3. The van der Waals surface area contributed by atoms with Crippen LogP contribution in [-0.4, -0.2) is 110 Å². The molecule has 4 fully saturated rings. The molecule has 4 aromatic heterocycles. The molecular formula is C53H61F3N12O5. The fourth-order valence-corrected chi connectivity index (χ4v) is 10.5. The molecular weight excluding hydrogens is 942 g/mol. The number of aromatic amines is 1. The smallest absolute Gasteiger partial charge is 0.383 e. The van der Waals surface area contributed by atoms with E-state index in [0.717, 1.165) is 107 Å². The summed E-state index contributed by atoms with van der Waals surface area (Å²) >= 11 is 0. The third-order valence-corrected chi connectivity index (χ3v) is 14.7. The molecule has 1 aromatic carbocycles. The number of amides is 5. The first-order valence-corrected chi connectivity index (χ1v) is 25.3. The summed E-state index contributed by atoms with van der Waals surface area (Å²) in [6.07, 6.45) is 13.5. The number of H-pyrrole nitrogens is 1. The summed E-state index contributed by atoms with van der Waals surface area (Å²) in [7, 11) is 0.